The number of amides is 1. The molecule has 0 saturated carbocycles. The van der Waals surface area contributed by atoms with Gasteiger partial charge in [-0.3, -0.25) is 9.79 Å². The number of nitrogens with zero attached hydrogens (tertiary/aromatic N) is 1. The molecule has 0 aromatic heterocycles. The number of aliphatic imine (C=N–C) groups is 1. The molecule has 0 spiro atoms. The summed E-state index contributed by atoms with van der Waals surface area (Å²) in [4.78, 5) is 16.2. The lowest BCUT2D eigenvalue weighted by atomic mass is 9.74. The molecule has 3 N–H and O–H groups in total. The van der Waals surface area contributed by atoms with Crippen LogP contribution in [0, 0.1) is 0 Å². The Morgan fingerprint density at radius 2 is 1.78 bits per heavy atom. The van der Waals surface area contributed by atoms with Gasteiger partial charge in [0.1, 0.15) is 0 Å². The van der Waals surface area contributed by atoms with Crippen molar-refractivity contribution < 1.29 is 9.53 Å². The van der Waals surface area contributed by atoms with Gasteiger partial charge in [-0.05, 0) is 39.2 Å². The summed E-state index contributed by atoms with van der Waals surface area (Å²) >= 11 is 0. The summed E-state index contributed by atoms with van der Waals surface area (Å²) in [6, 6.07) is 10.6. The normalized spacial score (nSPS) is 16.8. The Bertz CT molecular complexity index is 608. The number of hydrogen-bond donors (Lipinski definition) is 3. The van der Waals surface area contributed by atoms with E-state index in [2.05, 4.69) is 45.2 Å². The molecule has 1 amide bonds. The number of nitrogens with one attached hydrogen (secondary N) is 3. The number of halogens is 1. The molecule has 1 aliphatic rings. The number of carbonyl (C=O) groups excluding carboxylic acids is 1. The average Bonchev–Trinajstić information content (AvgIpc) is 2.62. The molecule has 27 heavy (non-hydrogen) atoms. The highest BCUT2D eigenvalue weighted by atomic mass is 127. The minimum Gasteiger partial charge on any atom is -0.381 e. The van der Waals surface area contributed by atoms with Crippen LogP contribution in [0.1, 0.15) is 39.2 Å². The lowest BCUT2D eigenvalue weighted by Gasteiger charge is -2.38. The van der Waals surface area contributed by atoms with Gasteiger partial charge in [-0.25, -0.2) is 0 Å². The van der Waals surface area contributed by atoms with Gasteiger partial charge in [0.05, 0.1) is 6.54 Å². The van der Waals surface area contributed by atoms with Crippen molar-refractivity contribution in [3.8, 4) is 0 Å². The fourth-order valence-corrected chi connectivity index (χ4v) is 3.22. The van der Waals surface area contributed by atoms with Crippen molar-refractivity contribution in [3.63, 3.8) is 0 Å². The molecule has 0 unspecified atom stereocenters. The van der Waals surface area contributed by atoms with Gasteiger partial charge in [0.2, 0.25) is 5.91 Å². The Morgan fingerprint density at radius 3 is 2.33 bits per heavy atom. The molecule has 0 atom stereocenters. The van der Waals surface area contributed by atoms with Gasteiger partial charge in [-0.2, -0.15) is 0 Å². The van der Waals surface area contributed by atoms with Crippen LogP contribution < -0.4 is 16.0 Å². The molecule has 1 aromatic carbocycles. The van der Waals surface area contributed by atoms with E-state index in [1.54, 1.807) is 7.05 Å². The zero-order chi connectivity index (χ0) is 19.0. The van der Waals surface area contributed by atoms with Crippen molar-refractivity contribution in [2.24, 2.45) is 4.99 Å². The third kappa shape index (κ3) is 7.65. The first-order valence-corrected chi connectivity index (χ1v) is 9.23. The Morgan fingerprint density at radius 1 is 1.15 bits per heavy atom. The zero-order valence-electron chi connectivity index (χ0n) is 16.8. The Labute approximate surface area is 179 Å². The van der Waals surface area contributed by atoms with E-state index in [-0.39, 0.29) is 47.4 Å². The third-order valence-electron chi connectivity index (χ3n) is 4.58. The van der Waals surface area contributed by atoms with E-state index in [0.717, 1.165) is 32.6 Å². The lowest BCUT2D eigenvalue weighted by Crippen LogP contribution is -2.51. The number of guanidine groups is 1. The number of benzene rings is 1. The molecule has 152 valence electrons. The van der Waals surface area contributed by atoms with E-state index in [1.807, 2.05) is 26.8 Å². The van der Waals surface area contributed by atoms with Crippen LogP contribution in [0.25, 0.3) is 0 Å². The molecule has 1 fully saturated rings. The third-order valence-corrected chi connectivity index (χ3v) is 4.58. The monoisotopic (exact) mass is 488 g/mol. The SMILES string of the molecule is CN=C(NCC(=O)NC(C)(C)C)NCC1(c2ccccc2)CCOCC1.I. The minimum absolute atomic E-state index is 0. The molecule has 0 aliphatic carbocycles. The van der Waals surface area contributed by atoms with Crippen molar-refractivity contribution in [3.05, 3.63) is 35.9 Å². The first kappa shape index (κ1) is 23.7. The summed E-state index contributed by atoms with van der Waals surface area (Å²) in [5.74, 6) is 0.583. The summed E-state index contributed by atoms with van der Waals surface area (Å²) < 4.78 is 5.58. The standard InChI is InChI=1S/C20H32N4O2.HI/c1-19(2,3)24-17(25)14-22-18(21-4)23-15-20(10-12-26-13-11-20)16-8-6-5-7-9-16;/h5-9H,10-15H2,1-4H3,(H,24,25)(H2,21,22,23);1H. The Kier molecular flexibility index (Phi) is 9.52. The first-order valence-electron chi connectivity index (χ1n) is 9.23. The highest BCUT2D eigenvalue weighted by Crippen LogP contribution is 2.34. The maximum atomic E-state index is 12.0. The predicted octanol–water partition coefficient (Wildman–Crippen LogP) is 2.43. The minimum atomic E-state index is -0.241. The predicted molar refractivity (Wildman–Crippen MR) is 121 cm³/mol. The van der Waals surface area contributed by atoms with E-state index in [1.165, 1.54) is 5.56 Å². The zero-order valence-corrected chi connectivity index (χ0v) is 19.1. The van der Waals surface area contributed by atoms with Crippen LogP contribution in [0.15, 0.2) is 35.3 Å². The van der Waals surface area contributed by atoms with Crippen LogP contribution in [0.2, 0.25) is 0 Å². The van der Waals surface area contributed by atoms with Gasteiger partial charge >= 0.3 is 0 Å². The summed E-state index contributed by atoms with van der Waals surface area (Å²) in [6.45, 7) is 8.36. The second-order valence-electron chi connectivity index (χ2n) is 7.84. The molecule has 1 heterocycles. The van der Waals surface area contributed by atoms with Gasteiger partial charge in [-0.1, -0.05) is 30.3 Å². The fraction of sp³-hybridized carbons (Fsp3) is 0.600. The fourth-order valence-electron chi connectivity index (χ4n) is 3.22. The van der Waals surface area contributed by atoms with Crippen molar-refractivity contribution in [1.82, 2.24) is 16.0 Å². The molecule has 1 aromatic rings. The van der Waals surface area contributed by atoms with Gasteiger partial charge < -0.3 is 20.7 Å². The second kappa shape index (κ2) is 10.8. The van der Waals surface area contributed by atoms with Crippen LogP contribution in [0.4, 0.5) is 0 Å². The van der Waals surface area contributed by atoms with Gasteiger partial charge in [0, 0.05) is 37.8 Å². The topological polar surface area (TPSA) is 74.8 Å². The second-order valence-corrected chi connectivity index (χ2v) is 7.84. The highest BCUT2D eigenvalue weighted by Gasteiger charge is 2.34. The van der Waals surface area contributed by atoms with E-state index >= 15 is 0 Å². The van der Waals surface area contributed by atoms with E-state index in [9.17, 15) is 4.79 Å². The van der Waals surface area contributed by atoms with Crippen molar-refractivity contribution in [1.29, 1.82) is 0 Å². The highest BCUT2D eigenvalue weighted by molar-refractivity contribution is 14.0. The average molecular weight is 488 g/mol. The van der Waals surface area contributed by atoms with Crippen LogP contribution in [0.5, 0.6) is 0 Å². The summed E-state index contributed by atoms with van der Waals surface area (Å²) in [5.41, 5.74) is 1.09. The van der Waals surface area contributed by atoms with Crippen molar-refractivity contribution >= 4 is 35.8 Å². The van der Waals surface area contributed by atoms with Crippen LogP contribution in [-0.4, -0.2) is 50.8 Å². The van der Waals surface area contributed by atoms with E-state index in [0.29, 0.717) is 5.96 Å². The van der Waals surface area contributed by atoms with E-state index < -0.39 is 0 Å². The Balaban J connectivity index is 0.00000364. The van der Waals surface area contributed by atoms with E-state index in [4.69, 9.17) is 4.74 Å². The number of rotatable bonds is 5. The summed E-state index contributed by atoms with van der Waals surface area (Å²) in [7, 11) is 1.72. The van der Waals surface area contributed by atoms with Gasteiger partial charge in [0.25, 0.3) is 0 Å². The Hall–Kier alpha value is -1.35. The maximum Gasteiger partial charge on any atom is 0.239 e. The first-order chi connectivity index (χ1) is 12.3. The van der Waals surface area contributed by atoms with Crippen molar-refractivity contribution in [2.75, 3.05) is 33.4 Å². The molecule has 1 aliphatic heterocycles. The number of hydrogen-bond acceptors (Lipinski definition) is 3. The molecular formula is C20H33IN4O2. The van der Waals surface area contributed by atoms with Gasteiger partial charge in [-0.15, -0.1) is 24.0 Å². The molecular weight excluding hydrogens is 455 g/mol. The van der Waals surface area contributed by atoms with Crippen molar-refractivity contribution in [2.45, 2.75) is 44.6 Å². The quantitative estimate of drug-likeness (QED) is 0.338. The number of ether oxygens (including phenoxy) is 1. The summed E-state index contributed by atoms with van der Waals surface area (Å²) in [6.07, 6.45) is 1.93. The molecule has 7 heteroatoms. The van der Waals surface area contributed by atoms with Gasteiger partial charge in [0.15, 0.2) is 5.96 Å². The van der Waals surface area contributed by atoms with Crippen LogP contribution in [0.3, 0.4) is 0 Å². The molecule has 0 radical (unpaired) electrons. The molecule has 1 saturated heterocycles. The molecule has 2 rings (SSSR count). The largest absolute Gasteiger partial charge is 0.381 e. The lowest BCUT2D eigenvalue weighted by molar-refractivity contribution is -0.121. The smallest absolute Gasteiger partial charge is 0.239 e. The van der Waals surface area contributed by atoms with Crippen LogP contribution >= 0.6 is 24.0 Å². The number of carbonyl (C=O) groups is 1. The maximum absolute atomic E-state index is 12.0. The summed E-state index contributed by atoms with van der Waals surface area (Å²) in [5, 5.41) is 9.43. The molecule has 0 bridgehead atoms. The van der Waals surface area contributed by atoms with Crippen LogP contribution in [-0.2, 0) is 14.9 Å². The molecule has 6 nitrogen and oxygen atoms in total.